The molecule has 2 heterocycles. The molecule has 5 rings (SSSR count). The van der Waals surface area contributed by atoms with E-state index in [1.54, 1.807) is 12.1 Å². The number of nitrogens with one attached hydrogen (secondary N) is 1. The number of hydrogen-bond donors (Lipinski definition) is 1. The monoisotopic (exact) mass is 430 g/mol. The van der Waals surface area contributed by atoms with E-state index in [9.17, 15) is 8.42 Å². The number of hydrogen-bond acceptors (Lipinski definition) is 4. The third-order valence-corrected chi connectivity index (χ3v) is 8.42. The summed E-state index contributed by atoms with van der Waals surface area (Å²) in [6, 6.07) is 13.4. The number of halogens is 1. The highest BCUT2D eigenvalue weighted by atomic mass is 35.5. The van der Waals surface area contributed by atoms with Crippen molar-refractivity contribution < 1.29 is 13.2 Å². The van der Waals surface area contributed by atoms with Crippen LogP contribution in [0.1, 0.15) is 29.5 Å². The van der Waals surface area contributed by atoms with E-state index in [0.29, 0.717) is 43.0 Å². The fourth-order valence-corrected chi connectivity index (χ4v) is 6.34. The highest BCUT2D eigenvalue weighted by Crippen LogP contribution is 2.51. The smallest absolute Gasteiger partial charge is 0.243 e. The molecule has 5 nitrogen and oxygen atoms in total. The minimum absolute atomic E-state index is 0.0857. The zero-order chi connectivity index (χ0) is 20.0. The van der Waals surface area contributed by atoms with E-state index in [1.165, 1.54) is 9.87 Å². The molecule has 0 saturated carbocycles. The van der Waals surface area contributed by atoms with Crippen molar-refractivity contribution in [2.45, 2.75) is 23.3 Å². The van der Waals surface area contributed by atoms with Gasteiger partial charge < -0.3 is 10.1 Å². The van der Waals surface area contributed by atoms with Gasteiger partial charge >= 0.3 is 0 Å². The first kappa shape index (κ1) is 19.1. The summed E-state index contributed by atoms with van der Waals surface area (Å²) in [7, 11) is -3.48. The quantitative estimate of drug-likeness (QED) is 0.742. The van der Waals surface area contributed by atoms with Crippen LogP contribution in [-0.4, -0.2) is 39.0 Å². The van der Waals surface area contributed by atoms with Crippen molar-refractivity contribution >= 4 is 27.3 Å². The molecule has 3 aliphatic rings. The maximum absolute atomic E-state index is 12.9. The number of anilines is 1. The zero-order valence-electron chi connectivity index (χ0n) is 15.9. The summed E-state index contributed by atoms with van der Waals surface area (Å²) in [6.45, 7) is 1.69. The standard InChI is InChI=1S/C22H23ClN2O3S/c23-20-6-2-5-19-17-3-1-4-18(17)21(24-22(19)20)15-7-9-16(10-8-15)29(26,27)25-11-13-28-14-12-25/h1-3,5-10,17-18,21,24H,4,11-14H2. The molecule has 3 unspecified atom stereocenters. The second-order valence-corrected chi connectivity index (χ2v) is 10.1. The van der Waals surface area contributed by atoms with Gasteiger partial charge in [-0.05, 0) is 41.7 Å². The van der Waals surface area contributed by atoms with Crippen LogP contribution in [-0.2, 0) is 14.8 Å². The van der Waals surface area contributed by atoms with Crippen molar-refractivity contribution in [2.24, 2.45) is 5.92 Å². The zero-order valence-corrected chi connectivity index (χ0v) is 17.5. The molecule has 0 radical (unpaired) electrons. The summed E-state index contributed by atoms with van der Waals surface area (Å²) in [6.07, 6.45) is 5.49. The van der Waals surface area contributed by atoms with Gasteiger partial charge in [0.1, 0.15) is 0 Å². The first-order valence-corrected chi connectivity index (χ1v) is 11.8. The highest BCUT2D eigenvalue weighted by molar-refractivity contribution is 7.89. The van der Waals surface area contributed by atoms with E-state index < -0.39 is 10.0 Å². The predicted octanol–water partition coefficient (Wildman–Crippen LogP) is 4.19. The Labute approximate surface area is 176 Å². The average molecular weight is 431 g/mol. The van der Waals surface area contributed by atoms with Gasteiger partial charge in [-0.1, -0.05) is 48.0 Å². The second kappa shape index (κ2) is 7.43. The van der Waals surface area contributed by atoms with Crippen molar-refractivity contribution in [3.8, 4) is 0 Å². The van der Waals surface area contributed by atoms with Crippen LogP contribution in [0.3, 0.4) is 0 Å². The molecular weight excluding hydrogens is 408 g/mol. The topological polar surface area (TPSA) is 58.6 Å². The van der Waals surface area contributed by atoms with Gasteiger partial charge in [0.15, 0.2) is 0 Å². The Hall–Kier alpha value is -1.86. The van der Waals surface area contributed by atoms with Crippen molar-refractivity contribution in [3.05, 3.63) is 70.8 Å². The number of ether oxygens (including phenoxy) is 1. The van der Waals surface area contributed by atoms with E-state index in [1.807, 2.05) is 24.3 Å². The predicted molar refractivity (Wildman–Crippen MR) is 114 cm³/mol. The van der Waals surface area contributed by atoms with Crippen LogP contribution in [0.4, 0.5) is 5.69 Å². The maximum Gasteiger partial charge on any atom is 0.243 e. The van der Waals surface area contributed by atoms with E-state index in [4.69, 9.17) is 16.3 Å². The molecule has 1 saturated heterocycles. The number of para-hydroxylation sites is 1. The molecule has 3 atom stereocenters. The van der Waals surface area contributed by atoms with Gasteiger partial charge in [-0.15, -0.1) is 0 Å². The molecule has 0 spiro atoms. The molecule has 1 aliphatic carbocycles. The number of allylic oxidation sites excluding steroid dienone is 2. The number of morpholine rings is 1. The Morgan fingerprint density at radius 1 is 1.07 bits per heavy atom. The number of sulfonamides is 1. The maximum atomic E-state index is 12.9. The summed E-state index contributed by atoms with van der Waals surface area (Å²) in [5.41, 5.74) is 3.30. The van der Waals surface area contributed by atoms with Gasteiger partial charge in [0, 0.05) is 19.0 Å². The van der Waals surface area contributed by atoms with Crippen molar-refractivity contribution in [1.29, 1.82) is 0 Å². The van der Waals surface area contributed by atoms with Crippen LogP contribution in [0.2, 0.25) is 5.02 Å². The number of fused-ring (bicyclic) bond motifs is 3. The molecule has 2 aliphatic heterocycles. The Bertz CT molecular complexity index is 1050. The molecule has 2 aromatic rings. The molecule has 2 aromatic carbocycles. The minimum Gasteiger partial charge on any atom is -0.379 e. The summed E-state index contributed by atoms with van der Waals surface area (Å²) < 4.78 is 32.6. The lowest BCUT2D eigenvalue weighted by molar-refractivity contribution is 0.0730. The Balaban J connectivity index is 1.45. The summed E-state index contributed by atoms with van der Waals surface area (Å²) in [5.74, 6) is 0.717. The fraction of sp³-hybridized carbons (Fsp3) is 0.364. The van der Waals surface area contributed by atoms with Gasteiger partial charge in [-0.2, -0.15) is 4.31 Å². The normalized spacial score (nSPS) is 26.6. The largest absolute Gasteiger partial charge is 0.379 e. The van der Waals surface area contributed by atoms with E-state index >= 15 is 0 Å². The first-order chi connectivity index (χ1) is 14.1. The van der Waals surface area contributed by atoms with E-state index in [-0.39, 0.29) is 6.04 Å². The van der Waals surface area contributed by atoms with Gasteiger partial charge in [-0.3, -0.25) is 0 Å². The molecule has 29 heavy (non-hydrogen) atoms. The van der Waals surface area contributed by atoms with Gasteiger partial charge in [0.05, 0.1) is 34.9 Å². The number of nitrogens with zero attached hydrogens (tertiary/aromatic N) is 1. The average Bonchev–Trinajstić information content (AvgIpc) is 3.25. The number of rotatable bonds is 3. The van der Waals surface area contributed by atoms with Gasteiger partial charge in [-0.25, -0.2) is 8.42 Å². The lowest BCUT2D eigenvalue weighted by Gasteiger charge is -2.38. The molecule has 152 valence electrons. The van der Waals surface area contributed by atoms with Gasteiger partial charge in [0.25, 0.3) is 0 Å². The van der Waals surface area contributed by atoms with Crippen LogP contribution in [0.5, 0.6) is 0 Å². The summed E-state index contributed by atoms with van der Waals surface area (Å²) in [5, 5.41) is 4.35. The lowest BCUT2D eigenvalue weighted by Crippen LogP contribution is -2.40. The molecule has 1 N–H and O–H groups in total. The third kappa shape index (κ3) is 3.28. The molecule has 0 aromatic heterocycles. The van der Waals surface area contributed by atoms with Crippen LogP contribution < -0.4 is 5.32 Å². The van der Waals surface area contributed by atoms with E-state index in [0.717, 1.165) is 22.7 Å². The van der Waals surface area contributed by atoms with Crippen molar-refractivity contribution in [1.82, 2.24) is 4.31 Å². The fourth-order valence-electron chi connectivity index (χ4n) is 4.70. The number of benzene rings is 2. The summed E-state index contributed by atoms with van der Waals surface area (Å²) >= 11 is 6.47. The van der Waals surface area contributed by atoms with Crippen molar-refractivity contribution in [3.63, 3.8) is 0 Å². The van der Waals surface area contributed by atoms with Crippen LogP contribution in [0, 0.1) is 5.92 Å². The van der Waals surface area contributed by atoms with Crippen LogP contribution in [0.25, 0.3) is 0 Å². The Kier molecular flexibility index (Phi) is 4.90. The minimum atomic E-state index is -3.48. The van der Waals surface area contributed by atoms with Crippen molar-refractivity contribution in [2.75, 3.05) is 31.6 Å². The first-order valence-electron chi connectivity index (χ1n) is 9.95. The van der Waals surface area contributed by atoms with Gasteiger partial charge in [0.2, 0.25) is 10.0 Å². The van der Waals surface area contributed by atoms with Crippen LogP contribution in [0.15, 0.2) is 59.5 Å². The third-order valence-electron chi connectivity index (χ3n) is 6.19. The second-order valence-electron chi connectivity index (χ2n) is 7.77. The molecule has 1 fully saturated rings. The summed E-state index contributed by atoms with van der Waals surface area (Å²) in [4.78, 5) is 0.332. The molecular formula is C22H23ClN2O3S. The molecule has 0 amide bonds. The van der Waals surface area contributed by atoms with E-state index in [2.05, 4.69) is 23.5 Å². The van der Waals surface area contributed by atoms with Crippen LogP contribution >= 0.6 is 11.6 Å². The Morgan fingerprint density at radius 2 is 1.83 bits per heavy atom. The Morgan fingerprint density at radius 3 is 2.59 bits per heavy atom. The lowest BCUT2D eigenvalue weighted by atomic mass is 9.77. The SMILES string of the molecule is O=S(=O)(c1ccc(C2Nc3c(Cl)cccc3C3C=CCC32)cc1)N1CCOCC1. The molecule has 0 bridgehead atoms. The molecule has 7 heteroatoms. The highest BCUT2D eigenvalue weighted by Gasteiger charge is 2.38.